The van der Waals surface area contributed by atoms with Gasteiger partial charge < -0.3 is 4.57 Å². The Kier molecular flexibility index (Phi) is 2.01. The predicted octanol–water partition coefficient (Wildman–Crippen LogP) is 1.56. The van der Waals surface area contributed by atoms with E-state index < -0.39 is 0 Å². The second-order valence-electron chi connectivity index (χ2n) is 3.34. The van der Waals surface area contributed by atoms with Gasteiger partial charge in [-0.1, -0.05) is 37.4 Å². The van der Waals surface area contributed by atoms with Crippen molar-refractivity contribution >= 4 is 23.6 Å². The van der Waals surface area contributed by atoms with Crippen LogP contribution >= 0.6 is 0 Å². The first-order valence-corrected chi connectivity index (χ1v) is 4.61. The van der Waals surface area contributed by atoms with Gasteiger partial charge >= 0.3 is 0 Å². The van der Waals surface area contributed by atoms with Crippen molar-refractivity contribution in [2.45, 2.75) is 0 Å². The van der Waals surface area contributed by atoms with Gasteiger partial charge in [0.1, 0.15) is 0 Å². The fourth-order valence-electron chi connectivity index (χ4n) is 1.82. The number of nitrogens with zero attached hydrogens (tertiary/aromatic N) is 1. The van der Waals surface area contributed by atoms with Crippen molar-refractivity contribution in [3.63, 3.8) is 0 Å². The maximum Gasteiger partial charge on any atom is 0.0488 e. The lowest BCUT2D eigenvalue weighted by Gasteiger charge is -1.94. The Hall–Kier alpha value is -1.76. The van der Waals surface area contributed by atoms with E-state index in [4.69, 9.17) is 0 Å². The van der Waals surface area contributed by atoms with E-state index in [-0.39, 0.29) is 0 Å². The van der Waals surface area contributed by atoms with Crippen molar-refractivity contribution in [3.8, 4) is 0 Å². The molecule has 1 aromatic heterocycles. The molecular formula is C13H13N. The highest BCUT2D eigenvalue weighted by atomic mass is 14.9. The summed E-state index contributed by atoms with van der Waals surface area (Å²) in [6, 6.07) is 8.27. The second kappa shape index (κ2) is 3.18. The van der Waals surface area contributed by atoms with E-state index in [1.807, 2.05) is 25.3 Å². The van der Waals surface area contributed by atoms with Crippen LogP contribution in [0, 0.1) is 0 Å². The number of hydrogen-bond acceptors (Lipinski definition) is 0. The summed E-state index contributed by atoms with van der Waals surface area (Å²) in [5.74, 6) is 0. The van der Waals surface area contributed by atoms with Crippen LogP contribution in [0.1, 0.15) is 0 Å². The Morgan fingerprint density at radius 1 is 1.29 bits per heavy atom. The molecule has 0 aliphatic carbocycles. The minimum absolute atomic E-state index is 1.07. The van der Waals surface area contributed by atoms with Crippen LogP contribution in [-0.4, -0.2) is 4.57 Å². The minimum Gasteiger partial charge on any atom is -0.344 e. The molecule has 1 aromatic carbocycles. The lowest BCUT2D eigenvalue weighted by atomic mass is 10.2. The molecule has 0 spiro atoms. The van der Waals surface area contributed by atoms with Crippen LogP contribution in [0.5, 0.6) is 0 Å². The number of aromatic nitrogens is 1. The van der Waals surface area contributed by atoms with Crippen molar-refractivity contribution in [2.24, 2.45) is 7.05 Å². The molecule has 1 nitrogen and oxygen atoms in total. The highest BCUT2D eigenvalue weighted by molar-refractivity contribution is 5.81. The number of rotatable bonds is 1. The summed E-state index contributed by atoms with van der Waals surface area (Å²) in [5.41, 5.74) is 1.21. The third kappa shape index (κ3) is 1.10. The number of para-hydroxylation sites is 1. The summed E-state index contributed by atoms with van der Waals surface area (Å²) in [4.78, 5) is 0. The molecule has 0 saturated carbocycles. The third-order valence-electron chi connectivity index (χ3n) is 2.54. The zero-order chi connectivity index (χ0) is 10.1. The number of fused-ring (bicyclic) bond motifs is 1. The summed E-state index contributed by atoms with van der Waals surface area (Å²) in [5, 5.41) is 3.41. The van der Waals surface area contributed by atoms with Crippen molar-refractivity contribution in [3.05, 3.63) is 47.5 Å². The fourth-order valence-corrected chi connectivity index (χ4v) is 1.82. The van der Waals surface area contributed by atoms with Crippen molar-refractivity contribution in [1.82, 2.24) is 4.57 Å². The number of allylic oxidation sites excluding steroid dienone is 1. The first kappa shape index (κ1) is 8.82. The van der Waals surface area contributed by atoms with E-state index >= 15 is 0 Å². The third-order valence-corrected chi connectivity index (χ3v) is 2.54. The first-order valence-electron chi connectivity index (χ1n) is 4.61. The van der Waals surface area contributed by atoms with Gasteiger partial charge in [0.25, 0.3) is 0 Å². The van der Waals surface area contributed by atoms with Gasteiger partial charge in [-0.3, -0.25) is 0 Å². The molecule has 0 N–H and O–H groups in total. The van der Waals surface area contributed by atoms with Gasteiger partial charge in [-0.15, -0.1) is 0 Å². The van der Waals surface area contributed by atoms with E-state index in [1.165, 1.54) is 10.9 Å². The molecule has 0 saturated heterocycles. The Balaban J connectivity index is 3.08. The molecule has 0 aliphatic heterocycles. The highest BCUT2D eigenvalue weighted by Gasteiger charge is 2.00. The van der Waals surface area contributed by atoms with Crippen LogP contribution in [0.25, 0.3) is 23.6 Å². The molecular weight excluding hydrogens is 170 g/mol. The molecule has 1 heterocycles. The topological polar surface area (TPSA) is 4.93 Å². The van der Waals surface area contributed by atoms with E-state index in [9.17, 15) is 0 Å². The molecule has 14 heavy (non-hydrogen) atoms. The van der Waals surface area contributed by atoms with Gasteiger partial charge in [-0.2, -0.15) is 0 Å². The Bertz CT molecular complexity index is 587. The van der Waals surface area contributed by atoms with Crippen LogP contribution in [0.4, 0.5) is 0 Å². The average molecular weight is 183 g/mol. The molecule has 0 amide bonds. The standard InChI is InChI=1S/C13H13N/c1-4-7-12-10(2)11-8-5-6-9-13(11)14(12)3/h4-9H,1-2H2,3H3/b12-7+. The van der Waals surface area contributed by atoms with E-state index in [1.54, 1.807) is 6.08 Å². The molecule has 0 bridgehead atoms. The number of aryl methyl sites for hydroxylation is 1. The summed E-state index contributed by atoms with van der Waals surface area (Å²) in [7, 11) is 2.05. The summed E-state index contributed by atoms with van der Waals surface area (Å²) >= 11 is 0. The summed E-state index contributed by atoms with van der Waals surface area (Å²) < 4.78 is 2.14. The largest absolute Gasteiger partial charge is 0.344 e. The SMILES string of the molecule is C=C/C=c1\c(=C)c2ccccc2n1C. The molecule has 2 rings (SSSR count). The normalized spacial score (nSPS) is 12.2. The van der Waals surface area contributed by atoms with Gasteiger partial charge in [0.05, 0.1) is 0 Å². The lowest BCUT2D eigenvalue weighted by Crippen LogP contribution is -2.25. The van der Waals surface area contributed by atoms with Gasteiger partial charge in [0, 0.05) is 28.5 Å². The highest BCUT2D eigenvalue weighted by Crippen LogP contribution is 2.05. The van der Waals surface area contributed by atoms with E-state index in [0.29, 0.717) is 0 Å². The summed E-state index contributed by atoms with van der Waals surface area (Å²) in [6.45, 7) is 7.80. The molecule has 0 aliphatic rings. The molecule has 0 fully saturated rings. The van der Waals surface area contributed by atoms with Crippen LogP contribution in [0.3, 0.4) is 0 Å². The first-order chi connectivity index (χ1) is 6.75. The van der Waals surface area contributed by atoms with Crippen LogP contribution in [-0.2, 0) is 7.05 Å². The smallest absolute Gasteiger partial charge is 0.0488 e. The molecule has 2 aromatic rings. The fraction of sp³-hybridized carbons (Fsp3) is 0.0769. The van der Waals surface area contributed by atoms with Crippen molar-refractivity contribution in [2.75, 3.05) is 0 Å². The van der Waals surface area contributed by atoms with Crippen LogP contribution < -0.4 is 10.6 Å². The van der Waals surface area contributed by atoms with Crippen molar-refractivity contribution < 1.29 is 0 Å². The zero-order valence-electron chi connectivity index (χ0n) is 8.33. The van der Waals surface area contributed by atoms with E-state index in [2.05, 4.69) is 29.9 Å². The quantitative estimate of drug-likeness (QED) is 0.632. The summed E-state index contributed by atoms with van der Waals surface area (Å²) in [6.07, 6.45) is 3.78. The van der Waals surface area contributed by atoms with Gasteiger partial charge in [-0.05, 0) is 12.1 Å². The van der Waals surface area contributed by atoms with Gasteiger partial charge in [0.2, 0.25) is 0 Å². The second-order valence-corrected chi connectivity index (χ2v) is 3.34. The minimum atomic E-state index is 1.07. The van der Waals surface area contributed by atoms with Crippen LogP contribution in [0.15, 0.2) is 36.9 Å². The zero-order valence-corrected chi connectivity index (χ0v) is 8.33. The van der Waals surface area contributed by atoms with Gasteiger partial charge in [0.15, 0.2) is 0 Å². The average Bonchev–Trinajstić information content (AvgIpc) is 2.45. The Morgan fingerprint density at radius 2 is 2.00 bits per heavy atom. The van der Waals surface area contributed by atoms with Gasteiger partial charge in [-0.25, -0.2) is 0 Å². The number of benzene rings is 1. The maximum atomic E-state index is 4.09. The number of hydrogen-bond donors (Lipinski definition) is 0. The van der Waals surface area contributed by atoms with E-state index in [0.717, 1.165) is 10.6 Å². The Labute approximate surface area is 83.3 Å². The Morgan fingerprint density at radius 3 is 2.64 bits per heavy atom. The van der Waals surface area contributed by atoms with Crippen molar-refractivity contribution in [1.29, 1.82) is 0 Å². The van der Waals surface area contributed by atoms with Crippen LogP contribution in [0.2, 0.25) is 0 Å². The maximum absolute atomic E-state index is 4.09. The molecule has 0 radical (unpaired) electrons. The molecule has 70 valence electrons. The molecule has 0 atom stereocenters. The predicted molar refractivity (Wildman–Crippen MR) is 62.4 cm³/mol. The molecule has 0 unspecified atom stereocenters. The monoisotopic (exact) mass is 183 g/mol. The lowest BCUT2D eigenvalue weighted by molar-refractivity contribution is 0.926. The molecule has 1 heteroatoms.